The number of halogens is 2. The molecule has 0 saturated carbocycles. The van der Waals surface area contributed by atoms with E-state index in [2.05, 4.69) is 31.6 Å². The van der Waals surface area contributed by atoms with Gasteiger partial charge < -0.3 is 5.32 Å². The first-order chi connectivity index (χ1) is 8.60. The monoisotopic (exact) mass is 344 g/mol. The summed E-state index contributed by atoms with van der Waals surface area (Å²) in [5, 5.41) is 7.29. The topological polar surface area (TPSA) is 24.9 Å². The normalized spacial score (nSPS) is 12.7. The van der Waals surface area contributed by atoms with Crippen molar-refractivity contribution in [3.8, 4) is 0 Å². The molecule has 0 saturated heterocycles. The molecule has 2 nitrogen and oxygen atoms in total. The van der Waals surface area contributed by atoms with E-state index in [1.165, 1.54) is 0 Å². The lowest BCUT2D eigenvalue weighted by Gasteiger charge is -2.17. The maximum Gasteiger partial charge on any atom is 0.0947 e. The Morgan fingerprint density at radius 2 is 2.28 bits per heavy atom. The molecule has 0 aliphatic rings. The summed E-state index contributed by atoms with van der Waals surface area (Å²) in [7, 11) is 1.96. The zero-order valence-corrected chi connectivity index (χ0v) is 13.4. The van der Waals surface area contributed by atoms with Crippen molar-refractivity contribution in [2.45, 2.75) is 19.4 Å². The molecule has 0 aliphatic carbocycles. The molecular weight excluding hydrogens is 332 g/mol. The lowest BCUT2D eigenvalue weighted by atomic mass is 10.0. The van der Waals surface area contributed by atoms with E-state index in [0.717, 1.165) is 32.2 Å². The molecule has 1 aromatic carbocycles. The molecule has 5 heteroatoms. The number of nitrogens with one attached hydrogen (secondary N) is 1. The van der Waals surface area contributed by atoms with Crippen LogP contribution in [-0.4, -0.2) is 12.0 Å². The van der Waals surface area contributed by atoms with Crippen LogP contribution in [0.2, 0.25) is 5.02 Å². The van der Waals surface area contributed by atoms with Gasteiger partial charge in [0.1, 0.15) is 0 Å². The van der Waals surface area contributed by atoms with Crippen molar-refractivity contribution in [3.05, 3.63) is 49.3 Å². The van der Waals surface area contributed by atoms with Crippen LogP contribution in [0.15, 0.2) is 28.1 Å². The van der Waals surface area contributed by atoms with Crippen molar-refractivity contribution in [3.63, 3.8) is 0 Å². The Labute approximate surface area is 125 Å². The molecule has 2 rings (SSSR count). The van der Waals surface area contributed by atoms with Crippen molar-refractivity contribution in [2.75, 3.05) is 7.05 Å². The molecule has 0 radical (unpaired) electrons. The second-order valence-corrected chi connectivity index (χ2v) is 6.33. The number of likely N-dealkylation sites (N-methyl/N-ethyl adjacent to an activating group) is 1. The van der Waals surface area contributed by atoms with Crippen molar-refractivity contribution >= 4 is 38.9 Å². The van der Waals surface area contributed by atoms with E-state index in [1.54, 1.807) is 11.3 Å². The third-order valence-corrected chi connectivity index (χ3v) is 4.67. The van der Waals surface area contributed by atoms with Crippen LogP contribution in [-0.2, 0) is 6.42 Å². The van der Waals surface area contributed by atoms with Gasteiger partial charge in [0.25, 0.3) is 0 Å². The summed E-state index contributed by atoms with van der Waals surface area (Å²) in [4.78, 5) is 4.51. The maximum atomic E-state index is 6.06. The molecule has 1 unspecified atom stereocenters. The maximum absolute atomic E-state index is 6.06. The molecule has 1 atom stereocenters. The fraction of sp³-hybridized carbons (Fsp3) is 0.308. The van der Waals surface area contributed by atoms with Crippen LogP contribution in [0.1, 0.15) is 22.3 Å². The number of thiazole rings is 1. The van der Waals surface area contributed by atoms with Gasteiger partial charge in [-0.25, -0.2) is 4.98 Å². The minimum absolute atomic E-state index is 0.212. The molecule has 0 amide bonds. The lowest BCUT2D eigenvalue weighted by Crippen LogP contribution is -2.19. The number of aromatic nitrogens is 1. The van der Waals surface area contributed by atoms with Crippen molar-refractivity contribution in [1.29, 1.82) is 0 Å². The number of rotatable bonds is 4. The average molecular weight is 346 g/mol. The Bertz CT molecular complexity index is 542. The van der Waals surface area contributed by atoms with E-state index in [0.29, 0.717) is 0 Å². The number of benzene rings is 1. The van der Waals surface area contributed by atoms with Crippen molar-refractivity contribution in [2.24, 2.45) is 0 Å². The molecule has 1 N–H and O–H groups in total. The van der Waals surface area contributed by atoms with Gasteiger partial charge in [-0.05, 0) is 37.7 Å². The molecular formula is C13H14BrClN2S. The lowest BCUT2D eigenvalue weighted by molar-refractivity contribution is 0.587. The van der Waals surface area contributed by atoms with Crippen molar-refractivity contribution in [1.82, 2.24) is 10.3 Å². The van der Waals surface area contributed by atoms with Gasteiger partial charge in [0, 0.05) is 33.0 Å². The minimum Gasteiger partial charge on any atom is -0.313 e. The van der Waals surface area contributed by atoms with E-state index < -0.39 is 0 Å². The SMILES string of the molecule is CNC(Cc1nc(C)cs1)c1cc(Cl)ccc1Br. The molecule has 0 spiro atoms. The van der Waals surface area contributed by atoms with E-state index in [-0.39, 0.29) is 6.04 Å². The molecule has 18 heavy (non-hydrogen) atoms. The highest BCUT2D eigenvalue weighted by Gasteiger charge is 2.15. The number of hydrogen-bond acceptors (Lipinski definition) is 3. The first-order valence-corrected chi connectivity index (χ1v) is 7.68. The third kappa shape index (κ3) is 3.32. The predicted octanol–water partition coefficient (Wildman–Crippen LogP) is 4.37. The Hall–Kier alpha value is -0.420. The molecule has 0 fully saturated rings. The average Bonchev–Trinajstić information content (AvgIpc) is 2.75. The Balaban J connectivity index is 2.25. The van der Waals surface area contributed by atoms with Crippen LogP contribution in [0.4, 0.5) is 0 Å². The Morgan fingerprint density at radius 1 is 1.50 bits per heavy atom. The van der Waals surface area contributed by atoms with E-state index in [4.69, 9.17) is 11.6 Å². The predicted molar refractivity (Wildman–Crippen MR) is 81.5 cm³/mol. The first-order valence-electron chi connectivity index (χ1n) is 5.63. The summed E-state index contributed by atoms with van der Waals surface area (Å²) in [5.74, 6) is 0. The summed E-state index contributed by atoms with van der Waals surface area (Å²) in [6, 6.07) is 6.07. The molecule has 96 valence electrons. The van der Waals surface area contributed by atoms with Crippen LogP contribution in [0.5, 0.6) is 0 Å². The molecule has 2 aromatic rings. The van der Waals surface area contributed by atoms with Gasteiger partial charge in [0.05, 0.1) is 5.01 Å². The van der Waals surface area contributed by atoms with Crippen LogP contribution < -0.4 is 5.32 Å². The van der Waals surface area contributed by atoms with Crippen LogP contribution in [0.3, 0.4) is 0 Å². The summed E-state index contributed by atoms with van der Waals surface area (Å²) >= 11 is 11.3. The number of hydrogen-bond donors (Lipinski definition) is 1. The first kappa shape index (κ1) is 14.0. The van der Waals surface area contributed by atoms with Crippen LogP contribution >= 0.6 is 38.9 Å². The summed E-state index contributed by atoms with van der Waals surface area (Å²) in [5.41, 5.74) is 2.24. The van der Waals surface area contributed by atoms with Crippen molar-refractivity contribution < 1.29 is 0 Å². The number of aryl methyl sites for hydroxylation is 1. The second-order valence-electron chi connectivity index (χ2n) is 4.09. The van der Waals surface area contributed by atoms with Gasteiger partial charge in [-0.1, -0.05) is 27.5 Å². The van der Waals surface area contributed by atoms with Gasteiger partial charge in [-0.3, -0.25) is 0 Å². The summed E-state index contributed by atoms with van der Waals surface area (Å²) in [6.45, 7) is 2.02. The van der Waals surface area contributed by atoms with Crippen LogP contribution in [0.25, 0.3) is 0 Å². The molecule has 0 aliphatic heterocycles. The fourth-order valence-electron chi connectivity index (χ4n) is 1.82. The van der Waals surface area contributed by atoms with Gasteiger partial charge in [-0.2, -0.15) is 0 Å². The smallest absolute Gasteiger partial charge is 0.0947 e. The van der Waals surface area contributed by atoms with Gasteiger partial charge in [-0.15, -0.1) is 11.3 Å². The van der Waals surface area contributed by atoms with Crippen LogP contribution in [0, 0.1) is 6.92 Å². The fourth-order valence-corrected chi connectivity index (χ4v) is 3.34. The van der Waals surface area contributed by atoms with Gasteiger partial charge >= 0.3 is 0 Å². The van der Waals surface area contributed by atoms with E-state index in [1.807, 2.05) is 32.2 Å². The highest BCUT2D eigenvalue weighted by atomic mass is 79.9. The molecule has 1 heterocycles. The zero-order chi connectivity index (χ0) is 13.1. The molecule has 0 bridgehead atoms. The summed E-state index contributed by atoms with van der Waals surface area (Å²) in [6.07, 6.45) is 0.869. The highest BCUT2D eigenvalue weighted by Crippen LogP contribution is 2.29. The number of nitrogens with zero attached hydrogens (tertiary/aromatic N) is 1. The molecule has 1 aromatic heterocycles. The largest absolute Gasteiger partial charge is 0.313 e. The Morgan fingerprint density at radius 3 is 2.89 bits per heavy atom. The standard InChI is InChI=1S/C13H14BrClN2S/c1-8-7-18-13(17-8)6-12(16-2)10-5-9(15)3-4-11(10)14/h3-5,7,12,16H,6H2,1-2H3. The Kier molecular flexibility index (Phi) is 4.78. The quantitative estimate of drug-likeness (QED) is 0.890. The second kappa shape index (κ2) is 6.15. The van der Waals surface area contributed by atoms with E-state index >= 15 is 0 Å². The summed E-state index contributed by atoms with van der Waals surface area (Å²) < 4.78 is 1.07. The highest BCUT2D eigenvalue weighted by molar-refractivity contribution is 9.10. The zero-order valence-electron chi connectivity index (χ0n) is 10.2. The van der Waals surface area contributed by atoms with Gasteiger partial charge in [0.15, 0.2) is 0 Å². The van der Waals surface area contributed by atoms with E-state index in [9.17, 15) is 0 Å². The third-order valence-electron chi connectivity index (χ3n) is 2.73. The minimum atomic E-state index is 0.212. The van der Waals surface area contributed by atoms with Gasteiger partial charge in [0.2, 0.25) is 0 Å².